The molecule has 0 aliphatic carbocycles. The molecule has 3 rings (SSSR count). The molecule has 0 aliphatic heterocycles. The van der Waals surface area contributed by atoms with Crippen LogP contribution in [0, 0.1) is 29.3 Å². The van der Waals surface area contributed by atoms with Gasteiger partial charge in [-0.3, -0.25) is 9.59 Å². The molecule has 0 heterocycles. The number of benzene rings is 3. The van der Waals surface area contributed by atoms with E-state index in [9.17, 15) is 22.8 Å². The second-order valence-corrected chi connectivity index (χ2v) is 6.63. The third-order valence-corrected chi connectivity index (χ3v) is 4.29. The number of hydrogen-bond acceptors (Lipinski definition) is 2. The van der Waals surface area contributed by atoms with Crippen molar-refractivity contribution in [3.8, 4) is 11.8 Å². The zero-order valence-corrected chi connectivity index (χ0v) is 16.5. The van der Waals surface area contributed by atoms with Crippen LogP contribution in [-0.2, 0) is 4.79 Å². The van der Waals surface area contributed by atoms with Gasteiger partial charge < -0.3 is 10.2 Å². The lowest BCUT2D eigenvalue weighted by Gasteiger charge is -2.17. The first-order valence-electron chi connectivity index (χ1n) is 9.21. The van der Waals surface area contributed by atoms with Gasteiger partial charge in [0.25, 0.3) is 5.91 Å². The predicted molar refractivity (Wildman–Crippen MR) is 111 cm³/mol. The number of hydrogen-bond donors (Lipinski definition) is 1. The molecule has 156 valence electrons. The Labute approximate surface area is 177 Å². The van der Waals surface area contributed by atoms with Crippen molar-refractivity contribution in [3.05, 3.63) is 101 Å². The Hall–Kier alpha value is -4.05. The monoisotopic (exact) mass is 422 g/mol. The number of halogens is 3. The summed E-state index contributed by atoms with van der Waals surface area (Å²) in [5.74, 6) is 0.264. The minimum absolute atomic E-state index is 0.333. The average Bonchev–Trinajstić information content (AvgIpc) is 2.78. The van der Waals surface area contributed by atoms with Crippen LogP contribution in [0.5, 0.6) is 0 Å². The molecule has 0 radical (unpaired) electrons. The summed E-state index contributed by atoms with van der Waals surface area (Å²) in [6, 6.07) is 17.6. The molecule has 2 amide bonds. The van der Waals surface area contributed by atoms with Crippen LogP contribution >= 0.6 is 0 Å². The Morgan fingerprint density at radius 2 is 1.45 bits per heavy atom. The van der Waals surface area contributed by atoms with E-state index < -0.39 is 41.5 Å². The average molecular weight is 422 g/mol. The Bertz CT molecular complexity index is 1170. The number of nitrogens with one attached hydrogen (secondary N) is 1. The first kappa shape index (κ1) is 21.7. The van der Waals surface area contributed by atoms with Crippen molar-refractivity contribution in [2.75, 3.05) is 18.9 Å². The van der Waals surface area contributed by atoms with E-state index in [1.807, 2.05) is 30.3 Å². The van der Waals surface area contributed by atoms with E-state index >= 15 is 0 Å². The largest absolute Gasteiger partial charge is 0.332 e. The molecule has 0 atom stereocenters. The van der Waals surface area contributed by atoms with Gasteiger partial charge in [-0.15, -0.1) is 0 Å². The van der Waals surface area contributed by atoms with Crippen LogP contribution < -0.4 is 5.32 Å². The molecule has 0 aromatic heterocycles. The summed E-state index contributed by atoms with van der Waals surface area (Å²) >= 11 is 0. The highest BCUT2D eigenvalue weighted by Gasteiger charge is 2.18. The molecular formula is C24H17F3N2O2. The van der Waals surface area contributed by atoms with Gasteiger partial charge in [0.1, 0.15) is 0 Å². The zero-order valence-electron chi connectivity index (χ0n) is 16.5. The van der Waals surface area contributed by atoms with E-state index in [4.69, 9.17) is 0 Å². The highest BCUT2D eigenvalue weighted by atomic mass is 19.2. The SMILES string of the molecule is CN(CC(=O)Nc1ccc(F)c(F)c1F)C(=O)c1ccc(C#Cc2ccccc2)cc1. The van der Waals surface area contributed by atoms with E-state index in [1.54, 1.807) is 24.3 Å². The molecular weight excluding hydrogens is 405 g/mol. The van der Waals surface area contributed by atoms with Crippen LogP contribution in [-0.4, -0.2) is 30.3 Å². The normalized spacial score (nSPS) is 10.1. The van der Waals surface area contributed by atoms with Gasteiger partial charge in [-0.1, -0.05) is 30.0 Å². The van der Waals surface area contributed by atoms with Crippen LogP contribution in [0.1, 0.15) is 21.5 Å². The summed E-state index contributed by atoms with van der Waals surface area (Å²) in [7, 11) is 1.40. The van der Waals surface area contributed by atoms with Crippen molar-refractivity contribution in [3.63, 3.8) is 0 Å². The fourth-order valence-electron chi connectivity index (χ4n) is 2.68. The van der Waals surface area contributed by atoms with Crippen LogP contribution in [0.15, 0.2) is 66.7 Å². The molecule has 0 unspecified atom stereocenters. The van der Waals surface area contributed by atoms with Gasteiger partial charge in [0, 0.05) is 23.7 Å². The second kappa shape index (κ2) is 9.63. The first-order chi connectivity index (χ1) is 14.8. The molecule has 7 heteroatoms. The smallest absolute Gasteiger partial charge is 0.254 e. The molecule has 31 heavy (non-hydrogen) atoms. The Morgan fingerprint density at radius 3 is 2.10 bits per heavy atom. The number of carbonyl (C=O) groups is 2. The third kappa shape index (κ3) is 5.52. The van der Waals surface area contributed by atoms with Crippen LogP contribution in [0.3, 0.4) is 0 Å². The molecule has 0 bridgehead atoms. The quantitative estimate of drug-likeness (QED) is 0.506. The lowest BCUT2D eigenvalue weighted by atomic mass is 10.1. The first-order valence-corrected chi connectivity index (χ1v) is 9.21. The highest BCUT2D eigenvalue weighted by Crippen LogP contribution is 2.19. The summed E-state index contributed by atoms with van der Waals surface area (Å²) in [6.45, 7) is -0.410. The van der Waals surface area contributed by atoms with E-state index in [1.165, 1.54) is 7.05 Å². The summed E-state index contributed by atoms with van der Waals surface area (Å²) in [5, 5.41) is 2.12. The van der Waals surface area contributed by atoms with Gasteiger partial charge in [0.15, 0.2) is 17.5 Å². The van der Waals surface area contributed by atoms with Crippen LogP contribution in [0.2, 0.25) is 0 Å². The van der Waals surface area contributed by atoms with Crippen molar-refractivity contribution in [1.29, 1.82) is 0 Å². The van der Waals surface area contributed by atoms with Crippen molar-refractivity contribution in [1.82, 2.24) is 4.90 Å². The minimum Gasteiger partial charge on any atom is -0.332 e. The van der Waals surface area contributed by atoms with Gasteiger partial charge in [0.05, 0.1) is 12.2 Å². The van der Waals surface area contributed by atoms with Crippen molar-refractivity contribution >= 4 is 17.5 Å². The van der Waals surface area contributed by atoms with Gasteiger partial charge in [0.2, 0.25) is 5.91 Å². The Kier molecular flexibility index (Phi) is 6.73. The van der Waals surface area contributed by atoms with Gasteiger partial charge in [-0.2, -0.15) is 0 Å². The molecule has 4 nitrogen and oxygen atoms in total. The maximum atomic E-state index is 13.7. The molecule has 3 aromatic rings. The van der Waals surface area contributed by atoms with E-state index in [-0.39, 0.29) is 0 Å². The number of carbonyl (C=O) groups excluding carboxylic acids is 2. The van der Waals surface area contributed by atoms with Crippen molar-refractivity contribution in [2.45, 2.75) is 0 Å². The standard InChI is InChI=1S/C24H17F3N2O2/c1-29(15-21(30)28-20-14-13-19(25)22(26)23(20)27)24(31)18-11-9-17(10-12-18)8-7-16-5-3-2-4-6-16/h2-6,9-14H,15H2,1H3,(H,28,30). The minimum atomic E-state index is -1.68. The predicted octanol–water partition coefficient (Wildman–Crippen LogP) is 4.21. The summed E-state index contributed by atoms with van der Waals surface area (Å²) in [6.07, 6.45) is 0. The number of likely N-dealkylation sites (N-methyl/N-ethyl adjacent to an activating group) is 1. The third-order valence-electron chi connectivity index (χ3n) is 4.29. The Morgan fingerprint density at radius 1 is 0.839 bits per heavy atom. The maximum Gasteiger partial charge on any atom is 0.254 e. The molecule has 3 aromatic carbocycles. The Balaban J connectivity index is 1.61. The highest BCUT2D eigenvalue weighted by molar-refractivity contribution is 5.99. The molecule has 0 spiro atoms. The fourth-order valence-corrected chi connectivity index (χ4v) is 2.68. The van der Waals surface area contributed by atoms with Gasteiger partial charge in [-0.25, -0.2) is 13.2 Å². The zero-order chi connectivity index (χ0) is 22.4. The topological polar surface area (TPSA) is 49.4 Å². The van der Waals surface area contributed by atoms with Crippen LogP contribution in [0.4, 0.5) is 18.9 Å². The molecule has 0 saturated heterocycles. The second-order valence-electron chi connectivity index (χ2n) is 6.63. The van der Waals surface area contributed by atoms with Crippen molar-refractivity contribution < 1.29 is 22.8 Å². The molecule has 0 saturated carbocycles. The summed E-state index contributed by atoms with van der Waals surface area (Å²) < 4.78 is 39.9. The lowest BCUT2D eigenvalue weighted by molar-refractivity contribution is -0.116. The van der Waals surface area contributed by atoms with E-state index in [0.717, 1.165) is 22.1 Å². The van der Waals surface area contributed by atoms with Crippen molar-refractivity contribution in [2.24, 2.45) is 0 Å². The van der Waals surface area contributed by atoms with Crippen LogP contribution in [0.25, 0.3) is 0 Å². The summed E-state index contributed by atoms with van der Waals surface area (Å²) in [4.78, 5) is 25.7. The van der Waals surface area contributed by atoms with E-state index in [2.05, 4.69) is 17.2 Å². The molecule has 0 aliphatic rings. The number of amides is 2. The lowest BCUT2D eigenvalue weighted by Crippen LogP contribution is -2.35. The number of rotatable bonds is 4. The number of nitrogens with zero attached hydrogens (tertiary/aromatic N) is 1. The molecule has 0 fully saturated rings. The van der Waals surface area contributed by atoms with E-state index in [0.29, 0.717) is 11.6 Å². The number of anilines is 1. The maximum absolute atomic E-state index is 13.7. The van der Waals surface area contributed by atoms with Gasteiger partial charge in [-0.05, 0) is 48.5 Å². The summed E-state index contributed by atoms with van der Waals surface area (Å²) in [5.41, 5.74) is 1.41. The molecule has 1 N–H and O–H groups in total. The fraction of sp³-hybridized carbons (Fsp3) is 0.0833. The van der Waals surface area contributed by atoms with Gasteiger partial charge >= 0.3 is 0 Å².